The van der Waals surface area contributed by atoms with Crippen LogP contribution in [0.15, 0.2) is 66.1 Å². The van der Waals surface area contributed by atoms with Crippen molar-refractivity contribution in [3.63, 3.8) is 0 Å². The Kier molecular flexibility index (Phi) is 7.23. The van der Waals surface area contributed by atoms with Gasteiger partial charge in [0.25, 0.3) is 0 Å². The van der Waals surface area contributed by atoms with Crippen molar-refractivity contribution in [2.45, 2.75) is 49.7 Å². The molecule has 10 heteroatoms. The van der Waals surface area contributed by atoms with Crippen LogP contribution in [0.2, 0.25) is 0 Å². The normalized spacial score (nSPS) is 17.0. The topological polar surface area (TPSA) is 88.8 Å². The minimum atomic E-state index is -0.446. The highest BCUT2D eigenvalue weighted by molar-refractivity contribution is 7.99. The van der Waals surface area contributed by atoms with Gasteiger partial charge in [0, 0.05) is 41.2 Å². The van der Waals surface area contributed by atoms with Gasteiger partial charge in [-0.1, -0.05) is 55.3 Å². The van der Waals surface area contributed by atoms with Crippen LogP contribution in [0, 0.1) is 17.6 Å². The fourth-order valence-corrected chi connectivity index (χ4v) is 7.46. The molecule has 1 atom stereocenters. The number of benzene rings is 2. The summed E-state index contributed by atoms with van der Waals surface area (Å²) >= 11 is 1.76. The molecule has 0 bridgehead atoms. The average molecular weight is 585 g/mol. The molecule has 2 aliphatic rings. The number of anilines is 1. The summed E-state index contributed by atoms with van der Waals surface area (Å²) in [4.78, 5) is 18.7. The summed E-state index contributed by atoms with van der Waals surface area (Å²) < 4.78 is 30.9. The molecule has 7 nitrogen and oxygen atoms in total. The summed E-state index contributed by atoms with van der Waals surface area (Å²) in [6.07, 6.45) is 9.56. The van der Waals surface area contributed by atoms with E-state index in [1.165, 1.54) is 50.4 Å². The smallest absolute Gasteiger partial charge is 0.170 e. The molecule has 0 saturated heterocycles. The summed E-state index contributed by atoms with van der Waals surface area (Å²) in [5.41, 5.74) is 3.69. The monoisotopic (exact) mass is 584 g/mol. The lowest BCUT2D eigenvalue weighted by atomic mass is 9.84. The second-order valence-corrected chi connectivity index (χ2v) is 12.0. The van der Waals surface area contributed by atoms with Gasteiger partial charge in [0.1, 0.15) is 17.4 Å². The minimum absolute atomic E-state index is 0.0280. The Morgan fingerprint density at radius 3 is 2.64 bits per heavy atom. The molecular weight excluding hydrogens is 554 g/mol. The third-order valence-electron chi connectivity index (χ3n) is 8.31. The lowest BCUT2D eigenvalue weighted by molar-refractivity contribution is 0.268. The predicted molar refractivity (Wildman–Crippen MR) is 161 cm³/mol. The highest BCUT2D eigenvalue weighted by Crippen LogP contribution is 2.45. The number of nitrogens with zero attached hydrogens (tertiary/aromatic N) is 5. The zero-order valence-corrected chi connectivity index (χ0v) is 23.7. The molecule has 0 unspecified atom stereocenters. The number of aromatic hydroxyl groups is 1. The SMILES string of the molecule is Oc1ccc(CCNc2nc(-c3cncc(F)c3)nc3c2nc2n3[C@@H](C3CCCCC3)CS2)cc1-c1ccccc1F. The zero-order chi connectivity index (χ0) is 28.6. The van der Waals surface area contributed by atoms with Crippen LogP contribution in [0.1, 0.15) is 43.7 Å². The van der Waals surface area contributed by atoms with Gasteiger partial charge in [-0.3, -0.25) is 9.55 Å². The maximum Gasteiger partial charge on any atom is 0.170 e. The van der Waals surface area contributed by atoms with Crippen LogP contribution in [0.3, 0.4) is 0 Å². The molecule has 3 aromatic heterocycles. The summed E-state index contributed by atoms with van der Waals surface area (Å²) in [5.74, 6) is 1.75. The van der Waals surface area contributed by atoms with Gasteiger partial charge in [0.15, 0.2) is 28.0 Å². The maximum absolute atomic E-state index is 14.5. The Morgan fingerprint density at radius 1 is 0.952 bits per heavy atom. The van der Waals surface area contributed by atoms with E-state index >= 15 is 0 Å². The maximum atomic E-state index is 14.5. The molecule has 1 aliphatic carbocycles. The van der Waals surface area contributed by atoms with E-state index in [1.54, 1.807) is 42.2 Å². The van der Waals surface area contributed by atoms with Crippen molar-refractivity contribution in [1.82, 2.24) is 24.5 Å². The Morgan fingerprint density at radius 2 is 1.81 bits per heavy atom. The van der Waals surface area contributed by atoms with Crippen molar-refractivity contribution in [2.24, 2.45) is 5.92 Å². The molecule has 2 N–H and O–H groups in total. The zero-order valence-electron chi connectivity index (χ0n) is 22.9. The van der Waals surface area contributed by atoms with Crippen LogP contribution in [0.5, 0.6) is 5.75 Å². The molecule has 1 fully saturated rings. The number of phenolic OH excluding ortho intramolecular Hbond substituents is 1. The number of imidazole rings is 1. The summed E-state index contributed by atoms with van der Waals surface area (Å²) in [7, 11) is 0. The molecule has 7 rings (SSSR count). The summed E-state index contributed by atoms with van der Waals surface area (Å²) in [6.45, 7) is 0.510. The highest BCUT2D eigenvalue weighted by Gasteiger charge is 2.35. The molecule has 2 aromatic carbocycles. The number of fused-ring (bicyclic) bond motifs is 3. The van der Waals surface area contributed by atoms with Crippen LogP contribution in [-0.2, 0) is 6.42 Å². The van der Waals surface area contributed by atoms with Gasteiger partial charge < -0.3 is 10.4 Å². The van der Waals surface area contributed by atoms with Gasteiger partial charge in [0.05, 0.1) is 6.20 Å². The lowest BCUT2D eigenvalue weighted by Crippen LogP contribution is -2.21. The largest absolute Gasteiger partial charge is 0.507 e. The fraction of sp³-hybridized carbons (Fsp3) is 0.312. The highest BCUT2D eigenvalue weighted by atomic mass is 32.2. The number of halogens is 2. The number of hydrogen-bond acceptors (Lipinski definition) is 7. The lowest BCUT2D eigenvalue weighted by Gasteiger charge is -2.28. The van der Waals surface area contributed by atoms with Crippen molar-refractivity contribution in [1.29, 1.82) is 0 Å². The summed E-state index contributed by atoms with van der Waals surface area (Å²) in [5, 5.41) is 14.8. The number of phenols is 1. The van der Waals surface area contributed by atoms with Crippen molar-refractivity contribution in [3.8, 4) is 28.3 Å². The van der Waals surface area contributed by atoms with E-state index in [4.69, 9.17) is 15.0 Å². The van der Waals surface area contributed by atoms with Gasteiger partial charge in [0.2, 0.25) is 0 Å². The van der Waals surface area contributed by atoms with E-state index < -0.39 is 5.82 Å². The first kappa shape index (κ1) is 26.8. The minimum Gasteiger partial charge on any atom is -0.507 e. The van der Waals surface area contributed by atoms with E-state index in [1.807, 2.05) is 12.1 Å². The first-order chi connectivity index (χ1) is 20.5. The van der Waals surface area contributed by atoms with Crippen LogP contribution < -0.4 is 5.32 Å². The van der Waals surface area contributed by atoms with Gasteiger partial charge in [-0.2, -0.15) is 0 Å². The Labute approximate surface area is 246 Å². The van der Waals surface area contributed by atoms with Gasteiger partial charge in [-0.15, -0.1) is 0 Å². The van der Waals surface area contributed by atoms with Crippen LogP contribution in [0.4, 0.5) is 14.6 Å². The van der Waals surface area contributed by atoms with Crippen LogP contribution >= 0.6 is 11.8 Å². The first-order valence-electron chi connectivity index (χ1n) is 14.4. The van der Waals surface area contributed by atoms with Gasteiger partial charge >= 0.3 is 0 Å². The Hall–Kier alpha value is -4.05. The fourth-order valence-electron chi connectivity index (χ4n) is 6.20. The number of pyridine rings is 1. The number of aromatic nitrogens is 5. The predicted octanol–water partition coefficient (Wildman–Crippen LogP) is 7.42. The molecular formula is C32H30F2N6OS. The second kappa shape index (κ2) is 11.3. The van der Waals surface area contributed by atoms with Crippen molar-refractivity contribution < 1.29 is 13.9 Å². The van der Waals surface area contributed by atoms with E-state index in [9.17, 15) is 13.9 Å². The number of rotatable bonds is 7. The first-order valence-corrected chi connectivity index (χ1v) is 15.4. The van der Waals surface area contributed by atoms with Crippen LogP contribution in [0.25, 0.3) is 33.7 Å². The molecule has 1 saturated carbocycles. The van der Waals surface area contributed by atoms with Crippen molar-refractivity contribution >= 4 is 28.7 Å². The average Bonchev–Trinajstić information content (AvgIpc) is 3.59. The quantitative estimate of drug-likeness (QED) is 0.206. The number of nitrogens with one attached hydrogen (secondary N) is 1. The van der Waals surface area contributed by atoms with Crippen molar-refractivity contribution in [3.05, 3.63) is 78.1 Å². The van der Waals surface area contributed by atoms with Gasteiger partial charge in [-0.25, -0.2) is 23.7 Å². The van der Waals surface area contributed by atoms with Gasteiger partial charge in [-0.05, 0) is 55.0 Å². The molecule has 4 heterocycles. The van der Waals surface area contributed by atoms with E-state index in [0.29, 0.717) is 58.8 Å². The Balaban J connectivity index is 1.21. The molecule has 0 radical (unpaired) electrons. The van der Waals surface area contributed by atoms with E-state index in [2.05, 4.69) is 14.9 Å². The third-order valence-corrected chi connectivity index (χ3v) is 9.36. The number of hydrogen-bond donors (Lipinski definition) is 2. The van der Waals surface area contributed by atoms with Crippen molar-refractivity contribution in [2.75, 3.05) is 17.6 Å². The molecule has 5 aromatic rings. The molecule has 0 amide bonds. The standard InChI is InChI=1S/C32H30F2N6OS/c33-22-15-21(16-35-17-22)29-38-30(28-31(39-29)40-26(18-42-32(40)37-28)20-6-2-1-3-7-20)36-13-12-19-10-11-27(41)24(14-19)23-8-4-5-9-25(23)34/h4-5,8-11,14-17,20,26,41H,1-3,6-7,12-13,18H2,(H,36,38,39)/t26-/m1/s1. The second-order valence-electron chi connectivity index (χ2n) is 11.0. The third kappa shape index (κ3) is 5.08. The molecule has 0 spiro atoms. The summed E-state index contributed by atoms with van der Waals surface area (Å²) in [6, 6.07) is 13.4. The van der Waals surface area contributed by atoms with E-state index in [0.717, 1.165) is 22.1 Å². The Bertz CT molecular complexity index is 1770. The molecule has 214 valence electrons. The molecule has 1 aliphatic heterocycles. The molecule has 42 heavy (non-hydrogen) atoms. The number of thioether (sulfide) groups is 1. The van der Waals surface area contributed by atoms with E-state index in [-0.39, 0.29) is 11.6 Å². The van der Waals surface area contributed by atoms with Crippen LogP contribution in [-0.4, -0.2) is 41.9 Å².